The minimum atomic E-state index is 0.311. The zero-order valence-electron chi connectivity index (χ0n) is 9.10. The van der Waals surface area contributed by atoms with Crippen LogP contribution in [0.4, 0.5) is 11.5 Å². The van der Waals surface area contributed by atoms with E-state index in [2.05, 4.69) is 27.0 Å². The van der Waals surface area contributed by atoms with Gasteiger partial charge >= 0.3 is 0 Å². The van der Waals surface area contributed by atoms with Crippen molar-refractivity contribution in [1.29, 1.82) is 0 Å². The molecule has 0 atom stereocenters. The molecule has 5 heteroatoms. The molecule has 0 fully saturated rings. The van der Waals surface area contributed by atoms with Crippen LogP contribution in [0, 0.1) is 0 Å². The molecule has 0 bridgehead atoms. The molecule has 1 aliphatic rings. The molecule has 0 amide bonds. The summed E-state index contributed by atoms with van der Waals surface area (Å²) in [6.45, 7) is 1.63. The fraction of sp³-hybridized carbons (Fsp3) is 0.167. The van der Waals surface area contributed by atoms with Gasteiger partial charge in [-0.2, -0.15) is 0 Å². The Morgan fingerprint density at radius 2 is 1.76 bits per heavy atom. The minimum absolute atomic E-state index is 0.311. The van der Waals surface area contributed by atoms with Crippen LogP contribution in [0.25, 0.3) is 0 Å². The highest BCUT2D eigenvalue weighted by atomic mass is 35.5. The number of fused-ring (bicyclic) bond motifs is 1. The number of nitrogens with two attached hydrogens (primary N) is 1. The number of nitrogens with zero attached hydrogens (tertiary/aromatic N) is 3. The van der Waals surface area contributed by atoms with Gasteiger partial charge in [-0.1, -0.05) is 35.9 Å². The first-order valence-electron chi connectivity index (χ1n) is 5.33. The van der Waals surface area contributed by atoms with E-state index in [0.29, 0.717) is 16.7 Å². The van der Waals surface area contributed by atoms with Crippen molar-refractivity contribution in [3.05, 3.63) is 46.9 Å². The van der Waals surface area contributed by atoms with E-state index < -0.39 is 0 Å². The summed E-state index contributed by atoms with van der Waals surface area (Å²) in [5.41, 5.74) is 8.96. The van der Waals surface area contributed by atoms with Gasteiger partial charge in [0.15, 0.2) is 11.0 Å². The summed E-state index contributed by atoms with van der Waals surface area (Å²) in [5, 5.41) is 0.311. The number of benzene rings is 1. The Labute approximate surface area is 104 Å². The smallest absolute Gasteiger partial charge is 0.157 e. The largest absolute Gasteiger partial charge is 0.393 e. The summed E-state index contributed by atoms with van der Waals surface area (Å²) < 4.78 is 0. The van der Waals surface area contributed by atoms with Crippen LogP contribution in [0.5, 0.6) is 0 Å². The lowest BCUT2D eigenvalue weighted by atomic mass is 10.1. The average molecular weight is 247 g/mol. The number of anilines is 2. The molecule has 0 saturated carbocycles. The van der Waals surface area contributed by atoms with E-state index in [9.17, 15) is 0 Å². The Balaban J connectivity index is 1.97. The normalized spacial score (nSPS) is 13.8. The van der Waals surface area contributed by atoms with Crippen molar-refractivity contribution in [3.63, 3.8) is 0 Å². The second-order valence-corrected chi connectivity index (χ2v) is 4.38. The van der Waals surface area contributed by atoms with Gasteiger partial charge < -0.3 is 10.6 Å². The lowest BCUT2D eigenvalue weighted by Gasteiger charge is -2.18. The predicted octanol–water partition coefficient (Wildman–Crippen LogP) is 2.23. The summed E-state index contributed by atoms with van der Waals surface area (Å²) in [5.74, 6) is 0.709. The van der Waals surface area contributed by atoms with Crippen LogP contribution in [0.2, 0.25) is 5.15 Å². The van der Waals surface area contributed by atoms with Crippen LogP contribution in [0.15, 0.2) is 30.6 Å². The molecule has 86 valence electrons. The van der Waals surface area contributed by atoms with E-state index in [1.165, 1.54) is 17.5 Å². The van der Waals surface area contributed by atoms with Gasteiger partial charge in [0.2, 0.25) is 0 Å². The Bertz CT molecular complexity index is 545. The van der Waals surface area contributed by atoms with Crippen molar-refractivity contribution in [1.82, 2.24) is 9.97 Å². The third kappa shape index (κ3) is 1.70. The van der Waals surface area contributed by atoms with Crippen LogP contribution in [-0.2, 0) is 13.1 Å². The van der Waals surface area contributed by atoms with E-state index in [1.54, 1.807) is 0 Å². The first-order valence-corrected chi connectivity index (χ1v) is 5.71. The quantitative estimate of drug-likeness (QED) is 0.784. The second-order valence-electron chi connectivity index (χ2n) is 4.03. The number of halogens is 1. The number of aromatic nitrogens is 2. The average Bonchev–Trinajstić information content (AvgIpc) is 2.76. The molecule has 3 rings (SSSR count). The number of nitrogen functional groups attached to an aromatic ring is 1. The monoisotopic (exact) mass is 246 g/mol. The van der Waals surface area contributed by atoms with Gasteiger partial charge in [-0.05, 0) is 11.1 Å². The molecule has 0 saturated heterocycles. The van der Waals surface area contributed by atoms with Crippen molar-refractivity contribution in [2.75, 3.05) is 10.6 Å². The van der Waals surface area contributed by atoms with E-state index in [1.807, 2.05) is 12.1 Å². The fourth-order valence-electron chi connectivity index (χ4n) is 2.10. The lowest BCUT2D eigenvalue weighted by Crippen LogP contribution is -2.18. The van der Waals surface area contributed by atoms with E-state index in [4.69, 9.17) is 17.3 Å². The van der Waals surface area contributed by atoms with Crippen molar-refractivity contribution < 1.29 is 0 Å². The summed E-state index contributed by atoms with van der Waals surface area (Å²) in [6, 6.07) is 8.32. The highest BCUT2D eigenvalue weighted by Crippen LogP contribution is 2.32. The van der Waals surface area contributed by atoms with Crippen molar-refractivity contribution in [2.45, 2.75) is 13.1 Å². The standard InChI is InChI=1S/C12H11ClN4/c13-11-10(14)12(16-7-15-11)17-5-8-3-1-2-4-9(8)6-17/h1-4,7H,5-6,14H2. The third-order valence-corrected chi connectivity index (χ3v) is 3.26. The fourth-order valence-corrected chi connectivity index (χ4v) is 2.23. The van der Waals surface area contributed by atoms with E-state index in [-0.39, 0.29) is 0 Å². The summed E-state index contributed by atoms with van der Waals surface area (Å²) >= 11 is 5.90. The van der Waals surface area contributed by atoms with Gasteiger partial charge in [-0.15, -0.1) is 0 Å². The highest BCUT2D eigenvalue weighted by Gasteiger charge is 2.22. The van der Waals surface area contributed by atoms with Gasteiger partial charge in [0.1, 0.15) is 12.0 Å². The summed E-state index contributed by atoms with van der Waals surface area (Å²) in [4.78, 5) is 10.2. The van der Waals surface area contributed by atoms with Gasteiger partial charge in [0.25, 0.3) is 0 Å². The van der Waals surface area contributed by atoms with Gasteiger partial charge in [0, 0.05) is 13.1 Å². The van der Waals surface area contributed by atoms with Crippen LogP contribution in [0.1, 0.15) is 11.1 Å². The topological polar surface area (TPSA) is 55.0 Å². The van der Waals surface area contributed by atoms with E-state index >= 15 is 0 Å². The molecule has 2 heterocycles. The van der Waals surface area contributed by atoms with Crippen molar-refractivity contribution in [3.8, 4) is 0 Å². The first kappa shape index (κ1) is 10.4. The van der Waals surface area contributed by atoms with Crippen LogP contribution < -0.4 is 10.6 Å². The van der Waals surface area contributed by atoms with Gasteiger partial charge in [-0.25, -0.2) is 9.97 Å². The molecule has 17 heavy (non-hydrogen) atoms. The zero-order chi connectivity index (χ0) is 11.8. The Kier molecular flexibility index (Phi) is 2.37. The Morgan fingerprint density at radius 3 is 2.41 bits per heavy atom. The SMILES string of the molecule is Nc1c(Cl)ncnc1N1Cc2ccccc2C1. The molecule has 0 aliphatic carbocycles. The summed E-state index contributed by atoms with van der Waals surface area (Å²) in [7, 11) is 0. The molecule has 0 spiro atoms. The zero-order valence-corrected chi connectivity index (χ0v) is 9.85. The molecule has 1 aliphatic heterocycles. The Hall–Kier alpha value is -1.81. The van der Waals surface area contributed by atoms with Gasteiger partial charge in [0.05, 0.1) is 0 Å². The predicted molar refractivity (Wildman–Crippen MR) is 67.8 cm³/mol. The maximum atomic E-state index is 5.90. The van der Waals surface area contributed by atoms with Crippen molar-refractivity contribution >= 4 is 23.1 Å². The molecular weight excluding hydrogens is 236 g/mol. The van der Waals surface area contributed by atoms with Gasteiger partial charge in [-0.3, -0.25) is 0 Å². The lowest BCUT2D eigenvalue weighted by molar-refractivity contribution is 0.854. The van der Waals surface area contributed by atoms with Crippen LogP contribution >= 0.6 is 11.6 Å². The third-order valence-electron chi connectivity index (χ3n) is 2.95. The number of rotatable bonds is 1. The maximum absolute atomic E-state index is 5.90. The van der Waals surface area contributed by atoms with E-state index in [0.717, 1.165) is 13.1 Å². The van der Waals surface area contributed by atoms with Crippen LogP contribution in [-0.4, -0.2) is 9.97 Å². The second kappa shape index (κ2) is 3.89. The number of hydrogen-bond acceptors (Lipinski definition) is 4. The first-order chi connectivity index (χ1) is 8.25. The van der Waals surface area contributed by atoms with Crippen molar-refractivity contribution in [2.24, 2.45) is 0 Å². The summed E-state index contributed by atoms with van der Waals surface area (Å²) in [6.07, 6.45) is 1.44. The molecule has 0 radical (unpaired) electrons. The minimum Gasteiger partial charge on any atom is -0.393 e. The molecule has 2 N–H and O–H groups in total. The Morgan fingerprint density at radius 1 is 1.12 bits per heavy atom. The molecule has 4 nitrogen and oxygen atoms in total. The molecular formula is C12H11ClN4. The maximum Gasteiger partial charge on any atom is 0.157 e. The molecule has 1 aromatic heterocycles. The molecule has 0 unspecified atom stereocenters. The highest BCUT2D eigenvalue weighted by molar-refractivity contribution is 6.32. The molecule has 1 aromatic carbocycles. The molecule has 2 aromatic rings. The number of hydrogen-bond donors (Lipinski definition) is 1. The van der Waals surface area contributed by atoms with Crippen LogP contribution in [0.3, 0.4) is 0 Å².